The smallest absolute Gasteiger partial charge is 0.242 e. The Morgan fingerprint density at radius 3 is 2.53 bits per heavy atom. The summed E-state index contributed by atoms with van der Waals surface area (Å²) < 4.78 is 0. The van der Waals surface area contributed by atoms with Crippen molar-refractivity contribution in [2.75, 3.05) is 20.2 Å². The van der Waals surface area contributed by atoms with Gasteiger partial charge in [0.25, 0.3) is 0 Å². The standard InChI is InChI=1S/C11H20N2O2/c1-11(2)7-13(8-4-5-8)10(15)9(6-14)12(11)3/h8-9,14H,4-7H2,1-3H3. The summed E-state index contributed by atoms with van der Waals surface area (Å²) in [6.45, 7) is 4.94. The van der Waals surface area contributed by atoms with E-state index >= 15 is 0 Å². The van der Waals surface area contributed by atoms with Gasteiger partial charge in [-0.15, -0.1) is 0 Å². The number of hydrogen-bond acceptors (Lipinski definition) is 3. The Kier molecular flexibility index (Phi) is 2.51. The molecule has 0 spiro atoms. The first kappa shape index (κ1) is 10.9. The van der Waals surface area contributed by atoms with Gasteiger partial charge in [-0.25, -0.2) is 0 Å². The van der Waals surface area contributed by atoms with Crippen LogP contribution in [0.5, 0.6) is 0 Å². The van der Waals surface area contributed by atoms with Crippen LogP contribution in [0.2, 0.25) is 0 Å². The number of carbonyl (C=O) groups excluding carboxylic acids is 1. The first-order valence-corrected chi connectivity index (χ1v) is 5.61. The molecule has 1 amide bonds. The second-order valence-corrected chi connectivity index (χ2v) is 5.32. The molecule has 0 radical (unpaired) electrons. The molecule has 1 saturated heterocycles. The second-order valence-electron chi connectivity index (χ2n) is 5.32. The summed E-state index contributed by atoms with van der Waals surface area (Å²) in [4.78, 5) is 16.0. The van der Waals surface area contributed by atoms with E-state index in [4.69, 9.17) is 0 Å². The van der Waals surface area contributed by atoms with Crippen LogP contribution in [0.25, 0.3) is 0 Å². The molecule has 1 atom stereocenters. The average molecular weight is 212 g/mol. The third-order valence-corrected chi connectivity index (χ3v) is 3.71. The van der Waals surface area contributed by atoms with Crippen molar-refractivity contribution >= 4 is 5.91 Å². The van der Waals surface area contributed by atoms with Crippen molar-refractivity contribution in [3.63, 3.8) is 0 Å². The summed E-state index contributed by atoms with van der Waals surface area (Å²) in [6, 6.07) is 0.0916. The number of piperazine rings is 1. The van der Waals surface area contributed by atoms with E-state index in [1.54, 1.807) is 0 Å². The van der Waals surface area contributed by atoms with Crippen molar-refractivity contribution in [1.29, 1.82) is 0 Å². The van der Waals surface area contributed by atoms with Gasteiger partial charge in [0.15, 0.2) is 0 Å². The van der Waals surface area contributed by atoms with E-state index in [0.29, 0.717) is 6.04 Å². The molecule has 0 aromatic rings. The molecule has 1 aliphatic carbocycles. The molecular weight excluding hydrogens is 192 g/mol. The van der Waals surface area contributed by atoms with Crippen LogP contribution < -0.4 is 0 Å². The molecule has 86 valence electrons. The van der Waals surface area contributed by atoms with Gasteiger partial charge < -0.3 is 10.0 Å². The van der Waals surface area contributed by atoms with E-state index in [1.165, 1.54) is 0 Å². The number of hydrogen-bond donors (Lipinski definition) is 1. The lowest BCUT2D eigenvalue weighted by Crippen LogP contribution is -2.66. The number of nitrogens with zero attached hydrogens (tertiary/aromatic N) is 2. The molecule has 2 aliphatic rings. The maximum absolute atomic E-state index is 12.1. The Balaban J connectivity index is 2.20. The first-order chi connectivity index (χ1) is 6.97. The van der Waals surface area contributed by atoms with E-state index in [-0.39, 0.29) is 24.1 Å². The fraction of sp³-hybridized carbons (Fsp3) is 0.909. The quantitative estimate of drug-likeness (QED) is 0.704. The maximum Gasteiger partial charge on any atom is 0.242 e. The fourth-order valence-electron chi connectivity index (χ4n) is 2.28. The molecule has 1 unspecified atom stereocenters. The van der Waals surface area contributed by atoms with Crippen molar-refractivity contribution < 1.29 is 9.90 Å². The molecule has 2 rings (SSSR count). The van der Waals surface area contributed by atoms with Gasteiger partial charge >= 0.3 is 0 Å². The Bertz CT molecular complexity index is 270. The summed E-state index contributed by atoms with van der Waals surface area (Å²) in [5, 5.41) is 9.29. The summed E-state index contributed by atoms with van der Waals surface area (Å²) in [5.41, 5.74) is -0.0378. The van der Waals surface area contributed by atoms with Gasteiger partial charge in [-0.2, -0.15) is 0 Å². The molecule has 0 aromatic carbocycles. The Labute approximate surface area is 90.9 Å². The Morgan fingerprint density at radius 1 is 1.47 bits per heavy atom. The van der Waals surface area contributed by atoms with E-state index in [1.807, 2.05) is 16.8 Å². The van der Waals surface area contributed by atoms with Gasteiger partial charge in [0.05, 0.1) is 6.61 Å². The molecule has 0 bridgehead atoms. The van der Waals surface area contributed by atoms with Crippen molar-refractivity contribution in [3.05, 3.63) is 0 Å². The predicted molar refractivity (Wildman–Crippen MR) is 57.5 cm³/mol. The third kappa shape index (κ3) is 1.76. The topological polar surface area (TPSA) is 43.8 Å². The Hall–Kier alpha value is -0.610. The highest BCUT2D eigenvalue weighted by Crippen LogP contribution is 2.33. The van der Waals surface area contributed by atoms with Crippen LogP contribution in [0, 0.1) is 0 Å². The van der Waals surface area contributed by atoms with Gasteiger partial charge in [0, 0.05) is 18.1 Å². The molecule has 4 nitrogen and oxygen atoms in total. The highest BCUT2D eigenvalue weighted by molar-refractivity contribution is 5.83. The summed E-state index contributed by atoms with van der Waals surface area (Å²) >= 11 is 0. The van der Waals surface area contributed by atoms with Crippen molar-refractivity contribution in [2.24, 2.45) is 0 Å². The number of amides is 1. The van der Waals surface area contributed by atoms with Gasteiger partial charge in [-0.05, 0) is 33.7 Å². The van der Waals surface area contributed by atoms with E-state index < -0.39 is 0 Å². The maximum atomic E-state index is 12.1. The van der Waals surface area contributed by atoms with Gasteiger partial charge in [-0.1, -0.05) is 0 Å². The highest BCUT2D eigenvalue weighted by Gasteiger charge is 2.47. The van der Waals surface area contributed by atoms with Crippen LogP contribution in [0.15, 0.2) is 0 Å². The lowest BCUT2D eigenvalue weighted by atomic mass is 9.95. The van der Waals surface area contributed by atoms with E-state index in [9.17, 15) is 9.90 Å². The fourth-order valence-corrected chi connectivity index (χ4v) is 2.28. The average Bonchev–Trinajstić information content (AvgIpc) is 2.96. The number of likely N-dealkylation sites (N-methyl/N-ethyl adjacent to an activating group) is 1. The van der Waals surface area contributed by atoms with Gasteiger partial charge in [0.1, 0.15) is 6.04 Å². The van der Waals surface area contributed by atoms with Gasteiger partial charge in [0.2, 0.25) is 5.91 Å². The van der Waals surface area contributed by atoms with Crippen LogP contribution in [0.1, 0.15) is 26.7 Å². The lowest BCUT2D eigenvalue weighted by Gasteiger charge is -2.49. The number of rotatable bonds is 2. The van der Waals surface area contributed by atoms with Crippen LogP contribution in [-0.2, 0) is 4.79 Å². The van der Waals surface area contributed by atoms with Gasteiger partial charge in [-0.3, -0.25) is 9.69 Å². The second kappa shape index (κ2) is 3.46. The molecular formula is C11H20N2O2. The van der Waals surface area contributed by atoms with Crippen LogP contribution in [-0.4, -0.2) is 58.6 Å². The molecule has 0 aromatic heterocycles. The van der Waals surface area contributed by atoms with Crippen molar-refractivity contribution in [2.45, 2.75) is 44.3 Å². The minimum Gasteiger partial charge on any atom is -0.394 e. The summed E-state index contributed by atoms with van der Waals surface area (Å²) in [7, 11) is 1.92. The number of carbonyl (C=O) groups is 1. The Morgan fingerprint density at radius 2 is 2.07 bits per heavy atom. The van der Waals surface area contributed by atoms with Crippen molar-refractivity contribution in [3.8, 4) is 0 Å². The molecule has 1 heterocycles. The summed E-state index contributed by atoms with van der Waals surface area (Å²) in [5.74, 6) is 0.0989. The predicted octanol–water partition coefficient (Wildman–Crippen LogP) is 0.0623. The highest BCUT2D eigenvalue weighted by atomic mass is 16.3. The molecule has 1 saturated carbocycles. The molecule has 4 heteroatoms. The minimum absolute atomic E-state index is 0.0378. The lowest BCUT2D eigenvalue weighted by molar-refractivity contribution is -0.151. The van der Waals surface area contributed by atoms with E-state index in [0.717, 1.165) is 19.4 Å². The SMILES string of the molecule is CN1C(CO)C(=O)N(C2CC2)CC1(C)C. The zero-order valence-corrected chi connectivity index (χ0v) is 9.73. The molecule has 1 aliphatic heterocycles. The van der Waals surface area contributed by atoms with Crippen molar-refractivity contribution in [1.82, 2.24) is 9.80 Å². The van der Waals surface area contributed by atoms with Crippen LogP contribution >= 0.6 is 0 Å². The normalized spacial score (nSPS) is 32.1. The number of aliphatic hydroxyl groups excluding tert-OH is 1. The first-order valence-electron chi connectivity index (χ1n) is 5.61. The molecule has 1 N–H and O–H groups in total. The zero-order chi connectivity index (χ0) is 11.2. The molecule has 2 fully saturated rings. The largest absolute Gasteiger partial charge is 0.394 e. The third-order valence-electron chi connectivity index (χ3n) is 3.71. The molecule has 15 heavy (non-hydrogen) atoms. The van der Waals surface area contributed by atoms with E-state index in [2.05, 4.69) is 13.8 Å². The minimum atomic E-state index is -0.352. The number of aliphatic hydroxyl groups is 1. The summed E-state index contributed by atoms with van der Waals surface area (Å²) in [6.07, 6.45) is 2.26. The van der Waals surface area contributed by atoms with Crippen LogP contribution in [0.4, 0.5) is 0 Å². The monoisotopic (exact) mass is 212 g/mol. The zero-order valence-electron chi connectivity index (χ0n) is 9.73. The van der Waals surface area contributed by atoms with Crippen LogP contribution in [0.3, 0.4) is 0 Å².